The summed E-state index contributed by atoms with van der Waals surface area (Å²) in [6, 6.07) is 8.59. The van der Waals surface area contributed by atoms with Crippen molar-refractivity contribution in [3.05, 3.63) is 35.4 Å². The average molecular weight is 359 g/mol. The minimum absolute atomic E-state index is 0.000652. The van der Waals surface area contributed by atoms with Gasteiger partial charge in [0.05, 0.1) is 5.92 Å². The Hall–Kier alpha value is -2.08. The van der Waals surface area contributed by atoms with Crippen molar-refractivity contribution < 1.29 is 14.7 Å². The van der Waals surface area contributed by atoms with Crippen LogP contribution in [-0.4, -0.2) is 41.1 Å². The van der Waals surface area contributed by atoms with Crippen LogP contribution < -0.4 is 11.1 Å². The Labute approximate surface area is 154 Å². The number of nitrogens with one attached hydrogen (secondary N) is 1. The number of nitrogens with two attached hydrogens (primary N) is 1. The fourth-order valence-electron chi connectivity index (χ4n) is 4.09. The predicted octanol–water partition coefficient (Wildman–Crippen LogP) is 2.68. The van der Waals surface area contributed by atoms with Gasteiger partial charge in [0.1, 0.15) is 0 Å². The van der Waals surface area contributed by atoms with Crippen molar-refractivity contribution in [2.24, 2.45) is 11.7 Å². The molecular weight excluding hydrogens is 330 g/mol. The monoisotopic (exact) mass is 359 g/mol. The van der Waals surface area contributed by atoms with Crippen LogP contribution in [-0.2, 0) is 11.3 Å². The maximum Gasteiger partial charge on any atom is 0.317 e. The van der Waals surface area contributed by atoms with Gasteiger partial charge in [-0.2, -0.15) is 0 Å². The van der Waals surface area contributed by atoms with Gasteiger partial charge < -0.3 is 21.1 Å². The van der Waals surface area contributed by atoms with Gasteiger partial charge >= 0.3 is 12.0 Å². The highest BCUT2D eigenvalue weighted by Crippen LogP contribution is 2.29. The van der Waals surface area contributed by atoms with Crippen molar-refractivity contribution in [2.75, 3.05) is 13.1 Å². The molecule has 3 rings (SSSR count). The number of hydrogen-bond donors (Lipinski definition) is 3. The number of urea groups is 1. The number of carbonyl (C=O) groups is 2. The first-order valence-electron chi connectivity index (χ1n) is 9.64. The summed E-state index contributed by atoms with van der Waals surface area (Å²) in [7, 11) is 0. The number of amides is 2. The first kappa shape index (κ1) is 18.7. The molecule has 0 bridgehead atoms. The molecule has 0 radical (unpaired) electrons. The lowest BCUT2D eigenvalue weighted by molar-refractivity contribution is -0.142. The molecule has 4 N–H and O–H groups in total. The molecule has 142 valence electrons. The first-order valence-corrected chi connectivity index (χ1v) is 9.64. The summed E-state index contributed by atoms with van der Waals surface area (Å²) in [6.07, 6.45) is 4.77. The lowest BCUT2D eigenvalue weighted by Crippen LogP contribution is -2.48. The first-order chi connectivity index (χ1) is 12.6. The summed E-state index contributed by atoms with van der Waals surface area (Å²) in [5, 5.41) is 12.2. The summed E-state index contributed by atoms with van der Waals surface area (Å²) in [5.74, 6) is -0.460. The molecule has 2 amide bonds. The zero-order valence-corrected chi connectivity index (χ0v) is 15.2. The van der Waals surface area contributed by atoms with Crippen LogP contribution >= 0.6 is 0 Å². The van der Waals surface area contributed by atoms with Gasteiger partial charge in [-0.1, -0.05) is 24.3 Å². The smallest absolute Gasteiger partial charge is 0.317 e. The van der Waals surface area contributed by atoms with Crippen molar-refractivity contribution in [1.29, 1.82) is 0 Å². The number of hydrogen-bond acceptors (Lipinski definition) is 3. The van der Waals surface area contributed by atoms with Crippen LogP contribution in [0.15, 0.2) is 24.3 Å². The van der Waals surface area contributed by atoms with Gasteiger partial charge in [0.15, 0.2) is 0 Å². The molecule has 1 heterocycles. The maximum absolute atomic E-state index is 12.5. The zero-order chi connectivity index (χ0) is 18.5. The van der Waals surface area contributed by atoms with Crippen LogP contribution in [0, 0.1) is 5.92 Å². The molecule has 0 spiro atoms. The summed E-state index contributed by atoms with van der Waals surface area (Å²) in [4.78, 5) is 25.4. The van der Waals surface area contributed by atoms with Crippen LogP contribution in [0.2, 0.25) is 0 Å². The van der Waals surface area contributed by atoms with E-state index >= 15 is 0 Å². The van der Waals surface area contributed by atoms with Gasteiger partial charge in [-0.25, -0.2) is 4.79 Å². The minimum Gasteiger partial charge on any atom is -0.481 e. The number of carboxylic acid groups (broad SMARTS) is 1. The Morgan fingerprint density at radius 3 is 2.19 bits per heavy atom. The van der Waals surface area contributed by atoms with Crippen molar-refractivity contribution in [3.8, 4) is 0 Å². The van der Waals surface area contributed by atoms with Crippen LogP contribution in [0.4, 0.5) is 4.79 Å². The lowest BCUT2D eigenvalue weighted by Gasteiger charge is -2.34. The molecule has 1 saturated heterocycles. The quantitative estimate of drug-likeness (QED) is 0.770. The molecule has 1 aliphatic heterocycles. The topological polar surface area (TPSA) is 95.7 Å². The molecule has 6 nitrogen and oxygen atoms in total. The molecule has 26 heavy (non-hydrogen) atoms. The van der Waals surface area contributed by atoms with Gasteiger partial charge in [-0.15, -0.1) is 0 Å². The molecule has 1 saturated carbocycles. The summed E-state index contributed by atoms with van der Waals surface area (Å²) < 4.78 is 0. The third-order valence-electron chi connectivity index (χ3n) is 5.87. The Bertz CT molecular complexity index is 616. The molecular formula is C20H29N3O3. The number of carbonyl (C=O) groups excluding carboxylic acids is 1. The Morgan fingerprint density at radius 1 is 1.04 bits per heavy atom. The highest BCUT2D eigenvalue weighted by Gasteiger charge is 2.29. The number of aliphatic carboxylic acids is 1. The number of benzene rings is 1. The van der Waals surface area contributed by atoms with Crippen LogP contribution in [0.1, 0.15) is 55.6 Å². The van der Waals surface area contributed by atoms with Gasteiger partial charge in [0.25, 0.3) is 0 Å². The summed E-state index contributed by atoms with van der Waals surface area (Å²) in [5.41, 5.74) is 8.12. The highest BCUT2D eigenvalue weighted by atomic mass is 16.4. The molecule has 1 aliphatic carbocycles. The minimum atomic E-state index is -0.712. The molecule has 0 atom stereocenters. The van der Waals surface area contributed by atoms with Crippen molar-refractivity contribution in [1.82, 2.24) is 10.2 Å². The van der Waals surface area contributed by atoms with Gasteiger partial charge in [0, 0.05) is 25.7 Å². The fraction of sp³-hybridized carbons (Fsp3) is 0.600. The largest absolute Gasteiger partial charge is 0.481 e. The van der Waals surface area contributed by atoms with Crippen molar-refractivity contribution >= 4 is 12.0 Å². The highest BCUT2D eigenvalue weighted by molar-refractivity contribution is 5.75. The van der Waals surface area contributed by atoms with E-state index < -0.39 is 5.97 Å². The van der Waals surface area contributed by atoms with E-state index in [9.17, 15) is 9.59 Å². The maximum atomic E-state index is 12.5. The van der Waals surface area contributed by atoms with E-state index in [1.54, 1.807) is 0 Å². The Morgan fingerprint density at radius 2 is 1.65 bits per heavy atom. The van der Waals surface area contributed by atoms with Crippen molar-refractivity contribution in [3.63, 3.8) is 0 Å². The number of piperidine rings is 1. The third-order valence-corrected chi connectivity index (χ3v) is 5.87. The van der Waals surface area contributed by atoms with Gasteiger partial charge in [-0.05, 0) is 55.6 Å². The normalized spacial score (nSPS) is 24.3. The second-order valence-electron chi connectivity index (χ2n) is 7.54. The molecule has 6 heteroatoms. The molecule has 2 fully saturated rings. The van der Waals surface area contributed by atoms with Crippen LogP contribution in [0.3, 0.4) is 0 Å². The van der Waals surface area contributed by atoms with Crippen LogP contribution in [0.5, 0.6) is 0 Å². The SMILES string of the molecule is NCc1ccc(C2CCN(C(=O)N[C@H]3CC[C@H](C(=O)O)CC3)CC2)cc1. The summed E-state index contributed by atoms with van der Waals surface area (Å²) >= 11 is 0. The predicted molar refractivity (Wildman–Crippen MR) is 99.8 cm³/mol. The summed E-state index contributed by atoms with van der Waals surface area (Å²) in [6.45, 7) is 2.09. The van der Waals surface area contributed by atoms with E-state index in [0.29, 0.717) is 25.3 Å². The third kappa shape index (κ3) is 4.55. The molecule has 1 aromatic rings. The number of rotatable bonds is 4. The van der Waals surface area contributed by atoms with E-state index in [2.05, 4.69) is 29.6 Å². The Balaban J connectivity index is 1.44. The second kappa shape index (κ2) is 8.54. The molecule has 2 aliphatic rings. The van der Waals surface area contributed by atoms with E-state index in [1.807, 2.05) is 4.90 Å². The standard InChI is InChI=1S/C20H29N3O3/c21-13-14-1-3-15(4-2-14)16-9-11-23(12-10-16)20(26)22-18-7-5-17(6-8-18)19(24)25/h1-4,16-18H,5-13,21H2,(H,22,26)(H,24,25)/t17-,18-. The average Bonchev–Trinajstić information content (AvgIpc) is 2.68. The van der Waals surface area contributed by atoms with E-state index in [4.69, 9.17) is 10.8 Å². The van der Waals surface area contributed by atoms with Gasteiger partial charge in [0.2, 0.25) is 0 Å². The molecule has 0 aromatic heterocycles. The van der Waals surface area contributed by atoms with E-state index in [0.717, 1.165) is 44.3 Å². The lowest BCUT2D eigenvalue weighted by atomic mass is 9.86. The van der Waals surface area contributed by atoms with Crippen LogP contribution in [0.25, 0.3) is 0 Å². The second-order valence-corrected chi connectivity index (χ2v) is 7.54. The molecule has 0 unspecified atom stereocenters. The van der Waals surface area contributed by atoms with E-state index in [1.165, 1.54) is 5.56 Å². The van der Waals surface area contributed by atoms with E-state index in [-0.39, 0.29) is 18.0 Å². The zero-order valence-electron chi connectivity index (χ0n) is 15.2. The van der Waals surface area contributed by atoms with Gasteiger partial charge in [-0.3, -0.25) is 4.79 Å². The number of likely N-dealkylation sites (tertiary alicyclic amines) is 1. The number of nitrogens with zero attached hydrogens (tertiary/aromatic N) is 1. The van der Waals surface area contributed by atoms with Crippen molar-refractivity contribution in [2.45, 2.75) is 57.0 Å². The number of carboxylic acids is 1. The molecule has 1 aromatic carbocycles. The Kier molecular flexibility index (Phi) is 6.14. The fourth-order valence-corrected chi connectivity index (χ4v) is 4.09.